The highest BCUT2D eigenvalue weighted by Crippen LogP contribution is 2.31. The van der Waals surface area contributed by atoms with E-state index in [4.69, 9.17) is 4.74 Å². The number of nitrogens with zero attached hydrogens (tertiary/aromatic N) is 4. The lowest BCUT2D eigenvalue weighted by Crippen LogP contribution is -2.23. The molecule has 0 spiro atoms. The van der Waals surface area contributed by atoms with Crippen LogP contribution in [0, 0.1) is 0 Å². The minimum Gasteiger partial charge on any atom is -0.394 e. The second-order valence-electron chi connectivity index (χ2n) is 6.50. The van der Waals surface area contributed by atoms with Crippen LogP contribution in [0.3, 0.4) is 0 Å². The van der Waals surface area contributed by atoms with Gasteiger partial charge in [-0.2, -0.15) is 0 Å². The Morgan fingerprint density at radius 3 is 2.78 bits per heavy atom. The molecule has 0 radical (unpaired) electrons. The van der Waals surface area contributed by atoms with Crippen molar-refractivity contribution in [2.24, 2.45) is 0 Å². The number of fused-ring (bicyclic) bond motifs is 1. The van der Waals surface area contributed by atoms with Crippen LogP contribution in [0.25, 0.3) is 11.2 Å². The number of hydrogen-bond donors (Lipinski definition) is 2. The quantitative estimate of drug-likeness (QED) is 0.899. The molecule has 23 heavy (non-hydrogen) atoms. The molecule has 0 amide bonds. The molecule has 124 valence electrons. The summed E-state index contributed by atoms with van der Waals surface area (Å²) < 4.78 is 7.80. The Morgan fingerprint density at radius 2 is 2.00 bits per heavy atom. The van der Waals surface area contributed by atoms with Crippen LogP contribution in [0.2, 0.25) is 0 Å². The fraction of sp³-hybridized carbons (Fsp3) is 0.688. The summed E-state index contributed by atoms with van der Waals surface area (Å²) in [7, 11) is 0. The molecule has 1 aliphatic carbocycles. The molecule has 2 aromatic rings. The van der Waals surface area contributed by atoms with E-state index in [0.717, 1.165) is 29.8 Å². The Balaban J connectivity index is 1.59. The van der Waals surface area contributed by atoms with Gasteiger partial charge in [0.15, 0.2) is 17.0 Å². The van der Waals surface area contributed by atoms with Crippen molar-refractivity contribution in [3.8, 4) is 0 Å². The molecule has 7 heteroatoms. The predicted octanol–water partition coefficient (Wildman–Crippen LogP) is 2.24. The van der Waals surface area contributed by atoms with E-state index >= 15 is 0 Å². The number of aliphatic hydroxyl groups excluding tert-OH is 1. The smallest absolute Gasteiger partial charge is 0.167 e. The standard InChI is InChI=1S/C16H23N5O2/c22-8-12-6-7-13(23-12)21-10-19-14-15(17-9-18-16(14)21)20-11-4-2-1-3-5-11/h9-13,22H,1-8H2,(H,17,18,20)/t12-,13+/m0/s1. The molecule has 0 aromatic carbocycles. The van der Waals surface area contributed by atoms with Gasteiger partial charge in [0.05, 0.1) is 19.0 Å². The Kier molecular flexibility index (Phi) is 4.13. The molecular weight excluding hydrogens is 294 g/mol. The first-order valence-electron chi connectivity index (χ1n) is 8.55. The molecule has 2 atom stereocenters. The van der Waals surface area contributed by atoms with Crippen molar-refractivity contribution in [2.75, 3.05) is 11.9 Å². The highest BCUT2D eigenvalue weighted by atomic mass is 16.5. The van der Waals surface area contributed by atoms with Crippen molar-refractivity contribution in [1.82, 2.24) is 19.5 Å². The van der Waals surface area contributed by atoms with Crippen LogP contribution in [0.15, 0.2) is 12.7 Å². The third-order valence-corrected chi connectivity index (χ3v) is 4.90. The number of hydrogen-bond acceptors (Lipinski definition) is 6. The molecule has 1 saturated heterocycles. The molecule has 2 fully saturated rings. The summed E-state index contributed by atoms with van der Waals surface area (Å²) in [6, 6.07) is 0.480. The van der Waals surface area contributed by atoms with Gasteiger partial charge in [0.2, 0.25) is 0 Å². The molecule has 1 aliphatic heterocycles. The van der Waals surface area contributed by atoms with Gasteiger partial charge in [-0.3, -0.25) is 4.57 Å². The number of rotatable bonds is 4. The monoisotopic (exact) mass is 317 g/mol. The van der Waals surface area contributed by atoms with E-state index < -0.39 is 0 Å². The molecule has 0 bridgehead atoms. The van der Waals surface area contributed by atoms with Crippen molar-refractivity contribution >= 4 is 17.0 Å². The van der Waals surface area contributed by atoms with Gasteiger partial charge in [-0.25, -0.2) is 15.0 Å². The van der Waals surface area contributed by atoms with Crippen LogP contribution >= 0.6 is 0 Å². The summed E-state index contributed by atoms with van der Waals surface area (Å²) in [4.78, 5) is 13.3. The lowest BCUT2D eigenvalue weighted by Gasteiger charge is -2.23. The topological polar surface area (TPSA) is 85.1 Å². The van der Waals surface area contributed by atoms with Gasteiger partial charge in [0.25, 0.3) is 0 Å². The molecule has 7 nitrogen and oxygen atoms in total. The van der Waals surface area contributed by atoms with Gasteiger partial charge in [0, 0.05) is 6.04 Å². The normalized spacial score (nSPS) is 26.0. The third-order valence-electron chi connectivity index (χ3n) is 4.90. The van der Waals surface area contributed by atoms with E-state index in [2.05, 4.69) is 20.3 Å². The van der Waals surface area contributed by atoms with E-state index in [1.807, 2.05) is 4.57 Å². The molecule has 1 saturated carbocycles. The summed E-state index contributed by atoms with van der Waals surface area (Å²) in [5.41, 5.74) is 1.59. The molecule has 2 N–H and O–H groups in total. The summed E-state index contributed by atoms with van der Waals surface area (Å²) in [6.07, 6.45) is 11.2. The lowest BCUT2D eigenvalue weighted by molar-refractivity contribution is -0.0207. The summed E-state index contributed by atoms with van der Waals surface area (Å²) in [5, 5.41) is 12.8. The maximum Gasteiger partial charge on any atom is 0.167 e. The lowest BCUT2D eigenvalue weighted by atomic mass is 9.95. The van der Waals surface area contributed by atoms with E-state index in [1.165, 1.54) is 32.1 Å². The van der Waals surface area contributed by atoms with Gasteiger partial charge in [0.1, 0.15) is 12.6 Å². The molecule has 2 aromatic heterocycles. The third kappa shape index (κ3) is 2.90. The van der Waals surface area contributed by atoms with Crippen LogP contribution in [0.4, 0.5) is 5.82 Å². The van der Waals surface area contributed by atoms with Crippen molar-refractivity contribution in [1.29, 1.82) is 0 Å². The second kappa shape index (κ2) is 6.41. The van der Waals surface area contributed by atoms with Crippen LogP contribution < -0.4 is 5.32 Å². The van der Waals surface area contributed by atoms with E-state index in [9.17, 15) is 5.11 Å². The highest BCUT2D eigenvalue weighted by molar-refractivity contribution is 5.82. The number of nitrogens with one attached hydrogen (secondary N) is 1. The van der Waals surface area contributed by atoms with Crippen LogP contribution in [-0.2, 0) is 4.74 Å². The zero-order valence-electron chi connectivity index (χ0n) is 13.2. The number of anilines is 1. The van der Waals surface area contributed by atoms with Crippen LogP contribution in [-0.4, -0.2) is 43.4 Å². The SMILES string of the molecule is OC[C@@H]1CC[C@H](n2cnc3c(NC4CCCCC4)ncnc32)O1. The van der Waals surface area contributed by atoms with Gasteiger partial charge >= 0.3 is 0 Å². The Bertz CT molecular complexity index is 668. The zero-order chi connectivity index (χ0) is 15.6. The van der Waals surface area contributed by atoms with Crippen molar-refractivity contribution < 1.29 is 9.84 Å². The van der Waals surface area contributed by atoms with E-state index in [-0.39, 0.29) is 18.9 Å². The van der Waals surface area contributed by atoms with Crippen molar-refractivity contribution in [3.05, 3.63) is 12.7 Å². The zero-order valence-corrected chi connectivity index (χ0v) is 13.2. The van der Waals surface area contributed by atoms with Crippen LogP contribution in [0.1, 0.15) is 51.2 Å². The van der Waals surface area contributed by atoms with Crippen molar-refractivity contribution in [3.63, 3.8) is 0 Å². The van der Waals surface area contributed by atoms with Crippen LogP contribution in [0.5, 0.6) is 0 Å². The molecule has 4 rings (SSSR count). The van der Waals surface area contributed by atoms with Gasteiger partial charge in [-0.1, -0.05) is 19.3 Å². The average Bonchev–Trinajstić information content (AvgIpc) is 3.22. The van der Waals surface area contributed by atoms with E-state index in [0.29, 0.717) is 6.04 Å². The minimum atomic E-state index is -0.102. The number of ether oxygens (including phenoxy) is 1. The second-order valence-corrected chi connectivity index (χ2v) is 6.50. The Morgan fingerprint density at radius 1 is 1.13 bits per heavy atom. The van der Waals surface area contributed by atoms with Crippen molar-refractivity contribution in [2.45, 2.75) is 63.3 Å². The first-order valence-corrected chi connectivity index (χ1v) is 8.55. The number of imidazole rings is 1. The molecule has 0 unspecified atom stereocenters. The largest absolute Gasteiger partial charge is 0.394 e. The van der Waals surface area contributed by atoms with Gasteiger partial charge in [-0.15, -0.1) is 0 Å². The first kappa shape index (κ1) is 14.8. The maximum atomic E-state index is 9.24. The average molecular weight is 317 g/mol. The summed E-state index contributed by atoms with van der Waals surface area (Å²) in [6.45, 7) is 0.0621. The predicted molar refractivity (Wildman–Crippen MR) is 86.0 cm³/mol. The fourth-order valence-corrected chi connectivity index (χ4v) is 3.63. The summed E-state index contributed by atoms with van der Waals surface area (Å²) in [5.74, 6) is 0.817. The molecular formula is C16H23N5O2. The molecule has 3 heterocycles. The molecule has 2 aliphatic rings. The maximum absolute atomic E-state index is 9.24. The first-order chi connectivity index (χ1) is 11.3. The summed E-state index contributed by atoms with van der Waals surface area (Å²) >= 11 is 0. The minimum absolute atomic E-state index is 0.0621. The van der Waals surface area contributed by atoms with E-state index in [1.54, 1.807) is 12.7 Å². The number of aliphatic hydroxyl groups is 1. The van der Waals surface area contributed by atoms with Gasteiger partial charge in [-0.05, 0) is 25.7 Å². The Labute approximate surface area is 135 Å². The Hall–Kier alpha value is -1.73. The fourth-order valence-electron chi connectivity index (χ4n) is 3.63. The number of aromatic nitrogens is 4. The highest BCUT2D eigenvalue weighted by Gasteiger charge is 2.28. The van der Waals surface area contributed by atoms with Gasteiger partial charge < -0.3 is 15.2 Å².